The predicted molar refractivity (Wildman–Crippen MR) is 67.5 cm³/mol. The van der Waals surface area contributed by atoms with Crippen LogP contribution in [0.15, 0.2) is 32.7 Å². The molecule has 2 nitrogen and oxygen atoms in total. The molecule has 2 rings (SSSR count). The van der Waals surface area contributed by atoms with E-state index < -0.39 is 0 Å². The average Bonchev–Trinajstić information content (AvgIpc) is 2.84. The fourth-order valence-electron chi connectivity index (χ4n) is 1.09. The number of nitrogens with one attached hydrogen (secondary N) is 1. The van der Waals surface area contributed by atoms with Crippen LogP contribution in [0.5, 0.6) is 0 Å². The van der Waals surface area contributed by atoms with E-state index in [1.165, 1.54) is 11.3 Å². The monoisotopic (exact) mass is 301 g/mol. The van der Waals surface area contributed by atoms with E-state index in [2.05, 4.69) is 21.2 Å². The normalized spacial score (nSPS) is 10.2. The van der Waals surface area contributed by atoms with Gasteiger partial charge in [0.05, 0.1) is 4.88 Å². The molecule has 0 aliphatic rings. The lowest BCUT2D eigenvalue weighted by Gasteiger charge is -2.00. The van der Waals surface area contributed by atoms with Crippen molar-refractivity contribution in [2.24, 2.45) is 0 Å². The van der Waals surface area contributed by atoms with Gasteiger partial charge in [0.2, 0.25) is 0 Å². The number of thiophene rings is 2. The minimum atomic E-state index is -0.0168. The molecule has 15 heavy (non-hydrogen) atoms. The summed E-state index contributed by atoms with van der Waals surface area (Å²) in [7, 11) is 0. The van der Waals surface area contributed by atoms with Gasteiger partial charge in [-0.3, -0.25) is 4.79 Å². The Morgan fingerprint density at radius 2 is 2.33 bits per heavy atom. The molecule has 0 saturated heterocycles. The molecule has 0 bridgehead atoms. The summed E-state index contributed by atoms with van der Waals surface area (Å²) in [5.41, 5.74) is 1.14. The van der Waals surface area contributed by atoms with Crippen LogP contribution in [0.1, 0.15) is 15.2 Å². The summed E-state index contributed by atoms with van der Waals surface area (Å²) in [5, 5.41) is 8.81. The number of hydrogen-bond acceptors (Lipinski definition) is 3. The molecule has 0 radical (unpaired) electrons. The van der Waals surface area contributed by atoms with Gasteiger partial charge in [0.1, 0.15) is 0 Å². The highest BCUT2D eigenvalue weighted by Gasteiger charge is 2.07. The van der Waals surface area contributed by atoms with Crippen LogP contribution in [-0.2, 0) is 6.54 Å². The zero-order valence-corrected chi connectivity index (χ0v) is 10.9. The Bertz CT molecular complexity index is 450. The number of rotatable bonds is 3. The Kier molecular flexibility index (Phi) is 3.56. The van der Waals surface area contributed by atoms with Crippen LogP contribution in [0.4, 0.5) is 0 Å². The van der Waals surface area contributed by atoms with Gasteiger partial charge in [-0.15, -0.1) is 11.3 Å². The van der Waals surface area contributed by atoms with E-state index in [-0.39, 0.29) is 5.91 Å². The van der Waals surface area contributed by atoms with Crippen molar-refractivity contribution in [2.75, 3.05) is 0 Å². The summed E-state index contributed by atoms with van der Waals surface area (Å²) in [6.07, 6.45) is 0. The molecule has 5 heteroatoms. The highest BCUT2D eigenvalue weighted by Crippen LogP contribution is 2.19. The van der Waals surface area contributed by atoms with Gasteiger partial charge in [0.25, 0.3) is 5.91 Å². The van der Waals surface area contributed by atoms with Gasteiger partial charge in [0, 0.05) is 16.4 Å². The number of halogens is 1. The quantitative estimate of drug-likeness (QED) is 0.923. The van der Waals surface area contributed by atoms with E-state index in [0.29, 0.717) is 6.54 Å². The van der Waals surface area contributed by atoms with E-state index in [0.717, 1.165) is 14.9 Å². The minimum absolute atomic E-state index is 0.0168. The van der Waals surface area contributed by atoms with Crippen molar-refractivity contribution in [3.05, 3.63) is 43.2 Å². The second-order valence-electron chi connectivity index (χ2n) is 2.94. The first-order valence-electron chi connectivity index (χ1n) is 4.29. The maximum Gasteiger partial charge on any atom is 0.261 e. The minimum Gasteiger partial charge on any atom is -0.347 e. The van der Waals surface area contributed by atoms with Crippen molar-refractivity contribution in [3.8, 4) is 0 Å². The molecule has 0 atom stereocenters. The molecule has 0 aromatic carbocycles. The smallest absolute Gasteiger partial charge is 0.261 e. The van der Waals surface area contributed by atoms with Crippen LogP contribution in [0.2, 0.25) is 0 Å². The van der Waals surface area contributed by atoms with E-state index in [9.17, 15) is 4.79 Å². The van der Waals surface area contributed by atoms with Crippen LogP contribution in [0.3, 0.4) is 0 Å². The molecule has 0 unspecified atom stereocenters. The van der Waals surface area contributed by atoms with Crippen LogP contribution >= 0.6 is 38.6 Å². The summed E-state index contributed by atoms with van der Waals surface area (Å²) in [6, 6.07) is 3.84. The van der Waals surface area contributed by atoms with Gasteiger partial charge >= 0.3 is 0 Å². The van der Waals surface area contributed by atoms with Gasteiger partial charge in [-0.25, -0.2) is 0 Å². The lowest BCUT2D eigenvalue weighted by atomic mass is 10.3. The van der Waals surface area contributed by atoms with Crippen LogP contribution in [0.25, 0.3) is 0 Å². The Balaban J connectivity index is 1.93. The Labute approximate surface area is 104 Å². The standard InChI is InChI=1S/C10H8BrNOS2/c11-8-3-9(15-6-8)10(13)12-4-7-1-2-14-5-7/h1-3,5-6H,4H2,(H,12,13). The Morgan fingerprint density at radius 1 is 1.47 bits per heavy atom. The molecule has 0 aliphatic heterocycles. The summed E-state index contributed by atoms with van der Waals surface area (Å²) >= 11 is 6.40. The van der Waals surface area contributed by atoms with Gasteiger partial charge in [-0.05, 0) is 44.4 Å². The van der Waals surface area contributed by atoms with Crippen molar-refractivity contribution in [1.82, 2.24) is 5.32 Å². The Hall–Kier alpha value is -0.650. The zero-order valence-electron chi connectivity index (χ0n) is 7.70. The molecular weight excluding hydrogens is 294 g/mol. The van der Waals surface area contributed by atoms with Crippen LogP contribution in [0, 0.1) is 0 Å². The highest BCUT2D eigenvalue weighted by atomic mass is 79.9. The first kappa shape index (κ1) is 10.9. The molecular formula is C10H8BrNOS2. The second kappa shape index (κ2) is 4.92. The molecule has 0 fully saturated rings. The number of carbonyl (C=O) groups excluding carboxylic acids is 1. The lowest BCUT2D eigenvalue weighted by molar-refractivity contribution is 0.0955. The van der Waals surface area contributed by atoms with Gasteiger partial charge in [-0.2, -0.15) is 11.3 Å². The molecule has 2 heterocycles. The van der Waals surface area contributed by atoms with Crippen molar-refractivity contribution >= 4 is 44.5 Å². The van der Waals surface area contributed by atoms with Crippen LogP contribution < -0.4 is 5.32 Å². The van der Waals surface area contributed by atoms with Crippen molar-refractivity contribution in [1.29, 1.82) is 0 Å². The van der Waals surface area contributed by atoms with Crippen LogP contribution in [-0.4, -0.2) is 5.91 Å². The first-order valence-corrected chi connectivity index (χ1v) is 6.90. The largest absolute Gasteiger partial charge is 0.347 e. The highest BCUT2D eigenvalue weighted by molar-refractivity contribution is 9.10. The van der Waals surface area contributed by atoms with Crippen molar-refractivity contribution < 1.29 is 4.79 Å². The summed E-state index contributed by atoms with van der Waals surface area (Å²) < 4.78 is 0.952. The maximum absolute atomic E-state index is 11.6. The number of hydrogen-bond donors (Lipinski definition) is 1. The van der Waals surface area contributed by atoms with E-state index in [4.69, 9.17) is 0 Å². The second-order valence-corrected chi connectivity index (χ2v) is 5.55. The summed E-state index contributed by atoms with van der Waals surface area (Å²) in [5.74, 6) is -0.0168. The summed E-state index contributed by atoms with van der Waals surface area (Å²) in [4.78, 5) is 12.4. The van der Waals surface area contributed by atoms with Gasteiger partial charge < -0.3 is 5.32 Å². The molecule has 0 saturated carbocycles. The topological polar surface area (TPSA) is 29.1 Å². The summed E-state index contributed by atoms with van der Waals surface area (Å²) in [6.45, 7) is 0.595. The predicted octanol–water partition coefficient (Wildman–Crippen LogP) is 3.50. The molecule has 0 aliphatic carbocycles. The SMILES string of the molecule is O=C(NCc1ccsc1)c1cc(Br)cs1. The molecule has 1 N–H and O–H groups in total. The van der Waals surface area contributed by atoms with Crippen molar-refractivity contribution in [2.45, 2.75) is 6.54 Å². The molecule has 1 amide bonds. The number of amides is 1. The number of carbonyl (C=O) groups is 1. The molecule has 78 valence electrons. The van der Waals surface area contributed by atoms with E-state index in [1.54, 1.807) is 11.3 Å². The van der Waals surface area contributed by atoms with Crippen molar-refractivity contribution in [3.63, 3.8) is 0 Å². The van der Waals surface area contributed by atoms with Gasteiger partial charge in [0.15, 0.2) is 0 Å². The van der Waals surface area contributed by atoms with E-state index in [1.807, 2.05) is 28.3 Å². The maximum atomic E-state index is 11.6. The zero-order chi connectivity index (χ0) is 10.7. The molecule has 0 spiro atoms. The Morgan fingerprint density at radius 3 is 2.93 bits per heavy atom. The third-order valence-corrected chi connectivity index (χ3v) is 4.25. The molecule has 2 aromatic rings. The lowest BCUT2D eigenvalue weighted by Crippen LogP contribution is -2.21. The molecule has 2 aromatic heterocycles. The average molecular weight is 302 g/mol. The first-order chi connectivity index (χ1) is 7.25. The van der Waals surface area contributed by atoms with E-state index >= 15 is 0 Å². The third-order valence-electron chi connectivity index (χ3n) is 1.82. The van der Waals surface area contributed by atoms with Gasteiger partial charge in [-0.1, -0.05) is 0 Å². The third kappa shape index (κ3) is 2.90. The fourth-order valence-corrected chi connectivity index (χ4v) is 3.11. The fraction of sp³-hybridized carbons (Fsp3) is 0.100.